The average molecular weight is 265 g/mol. The first kappa shape index (κ1) is 12.3. The summed E-state index contributed by atoms with van der Waals surface area (Å²) in [7, 11) is 0. The van der Waals surface area contributed by atoms with Gasteiger partial charge in [-0.15, -0.1) is 11.6 Å². The number of rotatable bonds is 2. The van der Waals surface area contributed by atoms with Crippen molar-refractivity contribution in [3.05, 3.63) is 23.9 Å². The molecule has 1 aromatic heterocycles. The number of anilines is 1. The number of aromatic nitrogens is 1. The van der Waals surface area contributed by atoms with Crippen LogP contribution in [0, 0.1) is 5.41 Å². The standard InChI is InChI=1S/C15H21ClN2/c16-12-13-4-3-5-14(17-13)18-10-8-15(9-11-18)6-1-2-7-15/h3-5H,1-2,6-12H2. The van der Waals surface area contributed by atoms with E-state index in [0.717, 1.165) is 11.5 Å². The molecule has 1 aliphatic carbocycles. The van der Waals surface area contributed by atoms with Crippen molar-refractivity contribution in [3.8, 4) is 0 Å². The highest BCUT2D eigenvalue weighted by atomic mass is 35.5. The second-order valence-electron chi connectivity index (χ2n) is 5.81. The maximum atomic E-state index is 5.86. The first-order valence-electron chi connectivity index (χ1n) is 7.08. The van der Waals surface area contributed by atoms with Gasteiger partial charge in [0.1, 0.15) is 5.82 Å². The molecule has 98 valence electrons. The highest BCUT2D eigenvalue weighted by Gasteiger charge is 2.37. The zero-order chi connectivity index (χ0) is 12.4. The Morgan fingerprint density at radius 2 is 1.83 bits per heavy atom. The molecule has 1 saturated carbocycles. The van der Waals surface area contributed by atoms with Gasteiger partial charge in [0.15, 0.2) is 0 Å². The quantitative estimate of drug-likeness (QED) is 0.751. The third-order valence-corrected chi connectivity index (χ3v) is 5.02. The third kappa shape index (κ3) is 2.35. The molecule has 0 atom stereocenters. The Bertz CT molecular complexity index is 403. The van der Waals surface area contributed by atoms with Gasteiger partial charge in [0.25, 0.3) is 0 Å². The van der Waals surface area contributed by atoms with Crippen LogP contribution in [-0.4, -0.2) is 18.1 Å². The van der Waals surface area contributed by atoms with Crippen molar-refractivity contribution in [3.63, 3.8) is 0 Å². The van der Waals surface area contributed by atoms with E-state index in [1.165, 1.54) is 51.6 Å². The molecular weight excluding hydrogens is 244 g/mol. The van der Waals surface area contributed by atoms with Crippen LogP contribution in [0.5, 0.6) is 0 Å². The minimum Gasteiger partial charge on any atom is -0.357 e. The molecule has 0 amide bonds. The minimum absolute atomic E-state index is 0.506. The van der Waals surface area contributed by atoms with Crippen molar-refractivity contribution < 1.29 is 0 Å². The second-order valence-corrected chi connectivity index (χ2v) is 6.08. The molecule has 2 aliphatic rings. The van der Waals surface area contributed by atoms with Crippen molar-refractivity contribution in [2.45, 2.75) is 44.4 Å². The number of hydrogen-bond donors (Lipinski definition) is 0. The van der Waals surface area contributed by atoms with Gasteiger partial charge in [0, 0.05) is 13.1 Å². The normalized spacial score (nSPS) is 22.6. The Balaban J connectivity index is 1.68. The van der Waals surface area contributed by atoms with Gasteiger partial charge in [-0.1, -0.05) is 18.9 Å². The number of halogens is 1. The lowest BCUT2D eigenvalue weighted by Gasteiger charge is -2.40. The summed E-state index contributed by atoms with van der Waals surface area (Å²) in [6.45, 7) is 2.33. The van der Waals surface area contributed by atoms with Gasteiger partial charge in [-0.3, -0.25) is 0 Å². The zero-order valence-electron chi connectivity index (χ0n) is 10.9. The van der Waals surface area contributed by atoms with E-state index in [0.29, 0.717) is 11.3 Å². The number of alkyl halides is 1. The van der Waals surface area contributed by atoms with Crippen LogP contribution in [0.2, 0.25) is 0 Å². The largest absolute Gasteiger partial charge is 0.357 e. The fraction of sp³-hybridized carbons (Fsp3) is 0.667. The molecule has 2 heterocycles. The van der Waals surface area contributed by atoms with Crippen molar-refractivity contribution in [1.29, 1.82) is 0 Å². The van der Waals surface area contributed by atoms with Crippen molar-refractivity contribution in [2.75, 3.05) is 18.0 Å². The highest BCUT2D eigenvalue weighted by molar-refractivity contribution is 6.16. The average Bonchev–Trinajstić information content (AvgIpc) is 2.88. The van der Waals surface area contributed by atoms with Crippen LogP contribution >= 0.6 is 11.6 Å². The molecule has 0 bridgehead atoms. The van der Waals surface area contributed by atoms with E-state index in [1.807, 2.05) is 6.07 Å². The maximum Gasteiger partial charge on any atom is 0.128 e. The molecule has 2 fully saturated rings. The van der Waals surface area contributed by atoms with E-state index < -0.39 is 0 Å². The number of piperidine rings is 1. The van der Waals surface area contributed by atoms with E-state index >= 15 is 0 Å². The molecule has 1 aliphatic heterocycles. The predicted molar refractivity (Wildman–Crippen MR) is 76.1 cm³/mol. The summed E-state index contributed by atoms with van der Waals surface area (Å²) < 4.78 is 0. The minimum atomic E-state index is 0.506. The molecule has 1 saturated heterocycles. The lowest BCUT2D eigenvalue weighted by molar-refractivity contribution is 0.226. The predicted octanol–water partition coefficient (Wildman–Crippen LogP) is 3.98. The molecule has 0 radical (unpaired) electrons. The van der Waals surface area contributed by atoms with Crippen LogP contribution in [0.1, 0.15) is 44.2 Å². The smallest absolute Gasteiger partial charge is 0.128 e. The Labute approximate surface area is 114 Å². The first-order chi connectivity index (χ1) is 8.81. The van der Waals surface area contributed by atoms with E-state index in [1.54, 1.807) is 0 Å². The molecule has 1 aromatic rings. The topological polar surface area (TPSA) is 16.1 Å². The molecule has 0 unspecified atom stereocenters. The maximum absolute atomic E-state index is 5.86. The summed E-state index contributed by atoms with van der Waals surface area (Å²) in [5.74, 6) is 1.62. The number of pyridine rings is 1. The fourth-order valence-corrected chi connectivity index (χ4v) is 3.70. The Morgan fingerprint density at radius 1 is 1.11 bits per heavy atom. The van der Waals surface area contributed by atoms with Crippen LogP contribution in [0.4, 0.5) is 5.82 Å². The van der Waals surface area contributed by atoms with Gasteiger partial charge in [-0.05, 0) is 43.2 Å². The van der Waals surface area contributed by atoms with Crippen molar-refractivity contribution in [1.82, 2.24) is 4.98 Å². The molecule has 0 aromatic carbocycles. The molecule has 1 spiro atoms. The summed E-state index contributed by atoms with van der Waals surface area (Å²) >= 11 is 5.86. The molecule has 3 rings (SSSR count). The fourth-order valence-electron chi connectivity index (χ4n) is 3.55. The molecule has 0 N–H and O–H groups in total. The molecule has 18 heavy (non-hydrogen) atoms. The van der Waals surface area contributed by atoms with Crippen molar-refractivity contribution >= 4 is 17.4 Å². The van der Waals surface area contributed by atoms with Crippen LogP contribution in [0.15, 0.2) is 18.2 Å². The van der Waals surface area contributed by atoms with E-state index in [2.05, 4.69) is 22.0 Å². The van der Waals surface area contributed by atoms with Crippen LogP contribution in [0.3, 0.4) is 0 Å². The van der Waals surface area contributed by atoms with Gasteiger partial charge in [0.05, 0.1) is 11.6 Å². The summed E-state index contributed by atoms with van der Waals surface area (Å²) in [6, 6.07) is 6.18. The molecule has 3 heteroatoms. The SMILES string of the molecule is ClCc1cccc(N2CCC3(CCCC3)CC2)n1. The van der Waals surface area contributed by atoms with Gasteiger partial charge in [-0.25, -0.2) is 4.98 Å². The second kappa shape index (κ2) is 5.08. The van der Waals surface area contributed by atoms with E-state index in [-0.39, 0.29) is 0 Å². The van der Waals surface area contributed by atoms with Gasteiger partial charge in [-0.2, -0.15) is 0 Å². The Kier molecular flexibility index (Phi) is 3.47. The van der Waals surface area contributed by atoms with Gasteiger partial charge >= 0.3 is 0 Å². The van der Waals surface area contributed by atoms with E-state index in [9.17, 15) is 0 Å². The highest BCUT2D eigenvalue weighted by Crippen LogP contribution is 2.46. The molecule has 2 nitrogen and oxygen atoms in total. The van der Waals surface area contributed by atoms with Gasteiger partial charge in [0.2, 0.25) is 0 Å². The Morgan fingerprint density at radius 3 is 2.50 bits per heavy atom. The van der Waals surface area contributed by atoms with Crippen LogP contribution < -0.4 is 4.90 Å². The number of nitrogens with zero attached hydrogens (tertiary/aromatic N) is 2. The van der Waals surface area contributed by atoms with E-state index in [4.69, 9.17) is 11.6 Å². The number of hydrogen-bond acceptors (Lipinski definition) is 2. The third-order valence-electron chi connectivity index (χ3n) is 4.74. The monoisotopic (exact) mass is 264 g/mol. The zero-order valence-corrected chi connectivity index (χ0v) is 11.6. The summed E-state index contributed by atoms with van der Waals surface area (Å²) in [6.07, 6.45) is 8.49. The Hall–Kier alpha value is -0.760. The lowest BCUT2D eigenvalue weighted by Crippen LogP contribution is -2.39. The van der Waals surface area contributed by atoms with Crippen LogP contribution in [0.25, 0.3) is 0 Å². The van der Waals surface area contributed by atoms with Gasteiger partial charge < -0.3 is 4.90 Å². The summed E-state index contributed by atoms with van der Waals surface area (Å²) in [5, 5.41) is 0. The summed E-state index contributed by atoms with van der Waals surface area (Å²) in [5.41, 5.74) is 1.66. The molecular formula is C15H21ClN2. The first-order valence-corrected chi connectivity index (χ1v) is 7.62. The van der Waals surface area contributed by atoms with Crippen LogP contribution in [-0.2, 0) is 5.88 Å². The lowest BCUT2D eigenvalue weighted by atomic mass is 9.77. The summed E-state index contributed by atoms with van der Waals surface area (Å²) in [4.78, 5) is 7.05. The van der Waals surface area contributed by atoms with Crippen molar-refractivity contribution in [2.24, 2.45) is 5.41 Å².